The molecule has 7 rings (SSSR count). The monoisotopic (exact) mass is 1140 g/mol. The van der Waals surface area contributed by atoms with E-state index in [1.807, 2.05) is 0 Å². The van der Waals surface area contributed by atoms with E-state index in [9.17, 15) is 112 Å². The molecule has 7 aliphatic heterocycles. The minimum Gasteiger partial charge on any atom is -0.394 e. The highest BCUT2D eigenvalue weighted by molar-refractivity contribution is 5.00. The fourth-order valence-corrected chi connectivity index (χ4v) is 9.82. The van der Waals surface area contributed by atoms with Gasteiger partial charge in [-0.3, -0.25) is 0 Å². The van der Waals surface area contributed by atoms with Crippen molar-refractivity contribution in [1.82, 2.24) is 0 Å². The van der Waals surface area contributed by atoms with Crippen LogP contribution < -0.4 is 0 Å². The highest BCUT2D eigenvalue weighted by Gasteiger charge is 2.58. The van der Waals surface area contributed by atoms with E-state index in [4.69, 9.17) is 61.6 Å². The second kappa shape index (κ2) is 26.9. The van der Waals surface area contributed by atoms with Gasteiger partial charge in [-0.05, 0) is 6.92 Å². The summed E-state index contributed by atoms with van der Waals surface area (Å²) in [6.07, 6.45) is -67.4. The predicted octanol–water partition coefficient (Wildman–Crippen LogP) is -15.2. The Morgan fingerprint density at radius 1 is 0.260 bits per heavy atom. The number of rotatable bonds is 18. The van der Waals surface area contributed by atoms with Crippen LogP contribution in [0.1, 0.15) is 6.92 Å². The summed E-state index contributed by atoms with van der Waals surface area (Å²) in [6, 6.07) is 0. The molecular formula is C42H72O35. The van der Waals surface area contributed by atoms with Gasteiger partial charge in [-0.25, -0.2) is 0 Å². The molecule has 0 radical (unpaired) electrons. The largest absolute Gasteiger partial charge is 0.394 e. The van der Waals surface area contributed by atoms with Gasteiger partial charge in [0.15, 0.2) is 44.0 Å². The van der Waals surface area contributed by atoms with E-state index in [0.717, 1.165) is 0 Å². The summed E-state index contributed by atoms with van der Waals surface area (Å²) in [5.41, 5.74) is 0. The van der Waals surface area contributed by atoms with Gasteiger partial charge in [-0.15, -0.1) is 0 Å². The number of aliphatic hydroxyl groups excluding tert-OH is 22. The van der Waals surface area contributed by atoms with Gasteiger partial charge >= 0.3 is 0 Å². The summed E-state index contributed by atoms with van der Waals surface area (Å²) in [4.78, 5) is 0. The number of hydrogen-bond acceptors (Lipinski definition) is 35. The van der Waals surface area contributed by atoms with E-state index in [-0.39, 0.29) is 0 Å². The average molecular weight is 1140 g/mol. The smallest absolute Gasteiger partial charge is 0.187 e. The van der Waals surface area contributed by atoms with E-state index in [1.54, 1.807) is 0 Å². The molecule has 0 aromatic heterocycles. The molecule has 0 aliphatic carbocycles. The molecule has 0 unspecified atom stereocenters. The highest BCUT2D eigenvalue weighted by Crippen LogP contribution is 2.37. The van der Waals surface area contributed by atoms with Gasteiger partial charge in [0.25, 0.3) is 0 Å². The first-order chi connectivity index (χ1) is 36.4. The Balaban J connectivity index is 1.04. The molecule has 7 saturated heterocycles. The Morgan fingerprint density at radius 2 is 0.597 bits per heavy atom. The van der Waals surface area contributed by atoms with E-state index in [1.165, 1.54) is 6.92 Å². The lowest BCUT2D eigenvalue weighted by Crippen LogP contribution is -2.68. The van der Waals surface area contributed by atoms with Crippen molar-refractivity contribution in [2.24, 2.45) is 0 Å². The topological polar surface area (TPSA) is 565 Å². The van der Waals surface area contributed by atoms with Gasteiger partial charge in [-0.1, -0.05) is 0 Å². The van der Waals surface area contributed by atoms with E-state index in [0.29, 0.717) is 0 Å². The molecule has 7 aliphatic rings. The van der Waals surface area contributed by atoms with Crippen LogP contribution in [0.3, 0.4) is 0 Å². The standard InChI is InChI=1S/C42H72O35/c1-8-15(48)19(52)26(59)37(66-8)65-7-14-33(22(55)25(58)36(64)67-14)75-39-28(61)23(56)32(13(6-47)71-39)74-41-30(63)34(18(51)11(4-45)69-41)76-42-35(21(54)17(50)10(3-44)70-42)77-40-29(62)24(57)31(12(5-46)72-40)73-38-27(60)20(53)16(49)9(2-43)68-38/h8-64H,2-7H2,1H3/t8-,9-,10-,11-,12-,13-,14-,15-,16-,17-,18-,19+,20+,21+,22-,23-,24-,25-,26-,27-,28-,29-,30-,31-,32-,33-,34+,35-,36-,37+,38+,39+,40+,41+,42+/m1/s1. The Morgan fingerprint density at radius 3 is 1.09 bits per heavy atom. The molecule has 0 bridgehead atoms. The summed E-state index contributed by atoms with van der Waals surface area (Å²) in [7, 11) is 0. The fraction of sp³-hybridized carbons (Fsp3) is 1.00. The predicted molar refractivity (Wildman–Crippen MR) is 230 cm³/mol. The van der Waals surface area contributed by atoms with Gasteiger partial charge in [0.1, 0.15) is 165 Å². The van der Waals surface area contributed by atoms with E-state index >= 15 is 0 Å². The Kier molecular flexibility index (Phi) is 22.1. The molecular weight excluding hydrogens is 1060 g/mol. The molecule has 35 nitrogen and oxygen atoms in total. The van der Waals surface area contributed by atoms with Crippen LogP contribution in [-0.4, -0.2) is 367 Å². The normalized spacial score (nSPS) is 54.0. The second-order valence-corrected chi connectivity index (χ2v) is 19.6. The van der Waals surface area contributed by atoms with Crippen LogP contribution in [0.2, 0.25) is 0 Å². The SMILES string of the molecule is C[C@H]1O[C@H](OC[C@H]2O[C@@H](O)[C@H](O)[C@@H](O)[C@@H]2O[C@@H]2O[C@H](CO)[C@@H](O[C@@H]3O[C@H](CO)[C@@H](O)[C@H](O[C@@H]4O[C@H](CO)[C@@H](O)[C@H](O)[C@H]4O[C@@H]4O[C@H](CO)[C@@H](O[C@@H]5O[C@H](CO)[C@@H](O)[C@H](O)[C@H]5O)[C@H](O)[C@H]4O)[C@H]3O)[C@H](O)[C@H]2O)[C@H](O)[C@@H](O)[C@@H]1O. The van der Waals surface area contributed by atoms with Crippen LogP contribution in [0, 0.1) is 0 Å². The first-order valence-electron chi connectivity index (χ1n) is 24.5. The maximum atomic E-state index is 11.7. The number of hydrogen-bond donors (Lipinski definition) is 22. The first-order valence-corrected chi connectivity index (χ1v) is 24.5. The number of aliphatic hydroxyl groups is 22. The lowest BCUT2D eigenvalue weighted by Gasteiger charge is -2.50. The van der Waals surface area contributed by atoms with Gasteiger partial charge in [0, 0.05) is 0 Å². The Bertz CT molecular complexity index is 1800. The van der Waals surface area contributed by atoms with Gasteiger partial charge in [0.05, 0.1) is 45.7 Å². The summed E-state index contributed by atoms with van der Waals surface area (Å²) in [6.45, 7) is -4.45. The molecule has 0 saturated carbocycles. The zero-order chi connectivity index (χ0) is 56.6. The molecule has 0 aromatic carbocycles. The third kappa shape index (κ3) is 13.0. The maximum Gasteiger partial charge on any atom is 0.187 e. The third-order valence-corrected chi connectivity index (χ3v) is 14.5. The van der Waals surface area contributed by atoms with Gasteiger partial charge in [0.2, 0.25) is 0 Å². The van der Waals surface area contributed by atoms with Crippen molar-refractivity contribution < 1.29 is 174 Å². The number of ether oxygens (including phenoxy) is 13. The summed E-state index contributed by atoms with van der Waals surface area (Å²) in [5.74, 6) is 0. The summed E-state index contributed by atoms with van der Waals surface area (Å²) in [5, 5.41) is 234. The molecule has 22 N–H and O–H groups in total. The molecule has 0 amide bonds. The summed E-state index contributed by atoms with van der Waals surface area (Å²) < 4.78 is 72.8. The van der Waals surface area contributed by atoms with Crippen molar-refractivity contribution >= 4 is 0 Å². The highest BCUT2D eigenvalue weighted by atomic mass is 16.8. The summed E-state index contributed by atoms with van der Waals surface area (Å²) >= 11 is 0. The molecule has 7 fully saturated rings. The van der Waals surface area contributed by atoms with Crippen LogP contribution in [0.4, 0.5) is 0 Å². The third-order valence-electron chi connectivity index (χ3n) is 14.5. The second-order valence-electron chi connectivity index (χ2n) is 19.6. The maximum absolute atomic E-state index is 11.7. The minimum absolute atomic E-state index is 0.739. The van der Waals surface area contributed by atoms with Crippen molar-refractivity contribution in [1.29, 1.82) is 0 Å². The first kappa shape index (κ1) is 63.2. The van der Waals surface area contributed by atoms with Crippen LogP contribution in [-0.2, 0) is 61.6 Å². The quantitative estimate of drug-likeness (QED) is 0.0606. The molecule has 450 valence electrons. The van der Waals surface area contributed by atoms with Crippen molar-refractivity contribution in [2.45, 2.75) is 222 Å². The fourth-order valence-electron chi connectivity index (χ4n) is 9.82. The molecule has 0 aromatic rings. The lowest BCUT2D eigenvalue weighted by molar-refractivity contribution is -0.403. The van der Waals surface area contributed by atoms with Crippen molar-refractivity contribution in [3.63, 3.8) is 0 Å². The molecule has 7 heterocycles. The molecule has 77 heavy (non-hydrogen) atoms. The van der Waals surface area contributed by atoms with Crippen LogP contribution >= 0.6 is 0 Å². The van der Waals surface area contributed by atoms with E-state index < -0.39 is 255 Å². The molecule has 0 spiro atoms. The Labute approximate surface area is 435 Å². The zero-order valence-corrected chi connectivity index (χ0v) is 40.6. The van der Waals surface area contributed by atoms with Gasteiger partial charge in [-0.2, -0.15) is 0 Å². The minimum atomic E-state index is -2.29. The Hall–Kier alpha value is -1.40. The van der Waals surface area contributed by atoms with E-state index in [2.05, 4.69) is 0 Å². The van der Waals surface area contributed by atoms with Crippen molar-refractivity contribution in [2.75, 3.05) is 39.6 Å². The van der Waals surface area contributed by atoms with Crippen LogP contribution in [0.5, 0.6) is 0 Å². The van der Waals surface area contributed by atoms with Crippen molar-refractivity contribution in [3.05, 3.63) is 0 Å². The lowest BCUT2D eigenvalue weighted by atomic mass is 9.95. The molecule has 35 heteroatoms. The molecule has 35 atom stereocenters. The van der Waals surface area contributed by atoms with Crippen LogP contribution in [0.25, 0.3) is 0 Å². The zero-order valence-electron chi connectivity index (χ0n) is 40.6. The average Bonchev–Trinajstić information content (AvgIpc) is 3.41. The van der Waals surface area contributed by atoms with Crippen molar-refractivity contribution in [3.8, 4) is 0 Å². The van der Waals surface area contributed by atoms with Gasteiger partial charge < -0.3 is 174 Å². The van der Waals surface area contributed by atoms with Crippen LogP contribution in [0.15, 0.2) is 0 Å².